The Morgan fingerprint density at radius 3 is 2.94 bits per heavy atom. The molecule has 1 atom stereocenters. The molecule has 96 valence electrons. The Labute approximate surface area is 110 Å². The Bertz CT molecular complexity index is 539. The summed E-state index contributed by atoms with van der Waals surface area (Å²) in [5.74, 6) is -0.436. The van der Waals surface area contributed by atoms with Crippen molar-refractivity contribution in [3.63, 3.8) is 0 Å². The second-order valence-electron chi connectivity index (χ2n) is 4.16. The van der Waals surface area contributed by atoms with Crippen molar-refractivity contribution in [2.24, 2.45) is 5.73 Å². The van der Waals surface area contributed by atoms with E-state index in [1.165, 1.54) is 6.07 Å². The van der Waals surface area contributed by atoms with Crippen LogP contribution in [0.3, 0.4) is 0 Å². The Hall–Kier alpha value is -1.39. The number of nitrogens with zero attached hydrogens (tertiary/aromatic N) is 2. The van der Waals surface area contributed by atoms with Gasteiger partial charge in [-0.05, 0) is 30.5 Å². The minimum absolute atomic E-state index is 0.105. The normalized spacial score (nSPS) is 12.7. The molecule has 1 heterocycles. The van der Waals surface area contributed by atoms with E-state index in [4.69, 9.17) is 17.3 Å². The molecule has 0 saturated carbocycles. The second-order valence-corrected chi connectivity index (χ2v) is 4.54. The van der Waals surface area contributed by atoms with Gasteiger partial charge in [-0.25, -0.2) is 4.39 Å². The molecule has 0 fully saturated rings. The predicted octanol–water partition coefficient (Wildman–Crippen LogP) is 2.94. The SMILES string of the molecule is CCn1cc(CC(N)c2cccc(F)c2Cl)cn1. The monoisotopic (exact) mass is 267 g/mol. The summed E-state index contributed by atoms with van der Waals surface area (Å²) >= 11 is 5.91. The van der Waals surface area contributed by atoms with Crippen LogP contribution >= 0.6 is 11.6 Å². The van der Waals surface area contributed by atoms with Crippen molar-refractivity contribution in [2.75, 3.05) is 0 Å². The first-order valence-corrected chi connectivity index (χ1v) is 6.20. The van der Waals surface area contributed by atoms with E-state index in [-0.39, 0.29) is 11.1 Å². The van der Waals surface area contributed by atoms with E-state index in [0.29, 0.717) is 12.0 Å². The lowest BCUT2D eigenvalue weighted by Gasteiger charge is -2.12. The topological polar surface area (TPSA) is 43.8 Å². The summed E-state index contributed by atoms with van der Waals surface area (Å²) < 4.78 is 15.2. The zero-order valence-electron chi connectivity index (χ0n) is 10.1. The summed E-state index contributed by atoms with van der Waals surface area (Å²) in [6.45, 7) is 2.83. The van der Waals surface area contributed by atoms with E-state index in [1.54, 1.807) is 18.3 Å². The van der Waals surface area contributed by atoms with Crippen LogP contribution in [0.1, 0.15) is 24.1 Å². The van der Waals surface area contributed by atoms with Gasteiger partial charge in [-0.15, -0.1) is 0 Å². The third-order valence-electron chi connectivity index (χ3n) is 2.85. The first kappa shape index (κ1) is 13.1. The highest BCUT2D eigenvalue weighted by molar-refractivity contribution is 6.31. The highest BCUT2D eigenvalue weighted by Crippen LogP contribution is 2.26. The lowest BCUT2D eigenvalue weighted by molar-refractivity contribution is 0.619. The highest BCUT2D eigenvalue weighted by Gasteiger charge is 2.14. The molecule has 0 aliphatic heterocycles. The number of halogens is 2. The summed E-state index contributed by atoms with van der Waals surface area (Å²) in [6.07, 6.45) is 4.30. The molecule has 0 aliphatic rings. The van der Waals surface area contributed by atoms with Gasteiger partial charge in [0, 0.05) is 18.8 Å². The summed E-state index contributed by atoms with van der Waals surface area (Å²) in [7, 11) is 0. The van der Waals surface area contributed by atoms with E-state index >= 15 is 0 Å². The van der Waals surface area contributed by atoms with E-state index in [9.17, 15) is 4.39 Å². The van der Waals surface area contributed by atoms with Crippen LogP contribution in [-0.2, 0) is 13.0 Å². The molecule has 0 amide bonds. The molecule has 0 saturated heterocycles. The smallest absolute Gasteiger partial charge is 0.142 e. The van der Waals surface area contributed by atoms with E-state index in [2.05, 4.69) is 5.10 Å². The third kappa shape index (κ3) is 2.71. The number of benzene rings is 1. The maximum Gasteiger partial charge on any atom is 0.142 e. The molecule has 0 aliphatic carbocycles. The van der Waals surface area contributed by atoms with Gasteiger partial charge in [0.1, 0.15) is 5.82 Å². The number of hydrogen-bond acceptors (Lipinski definition) is 2. The quantitative estimate of drug-likeness (QED) is 0.926. The Morgan fingerprint density at radius 2 is 2.28 bits per heavy atom. The Kier molecular flexibility index (Phi) is 3.99. The van der Waals surface area contributed by atoms with Crippen molar-refractivity contribution in [1.29, 1.82) is 0 Å². The summed E-state index contributed by atoms with van der Waals surface area (Å²) in [5.41, 5.74) is 7.70. The lowest BCUT2D eigenvalue weighted by Crippen LogP contribution is -2.14. The van der Waals surface area contributed by atoms with Crippen LogP contribution in [0.5, 0.6) is 0 Å². The molecule has 18 heavy (non-hydrogen) atoms. The van der Waals surface area contributed by atoms with Gasteiger partial charge in [0.15, 0.2) is 0 Å². The molecule has 2 rings (SSSR count). The van der Waals surface area contributed by atoms with Gasteiger partial charge in [0.25, 0.3) is 0 Å². The number of nitrogens with two attached hydrogens (primary N) is 1. The molecule has 0 radical (unpaired) electrons. The molecule has 1 aromatic heterocycles. The highest BCUT2D eigenvalue weighted by atomic mass is 35.5. The van der Waals surface area contributed by atoms with Gasteiger partial charge < -0.3 is 5.73 Å². The summed E-state index contributed by atoms with van der Waals surface area (Å²) in [5, 5.41) is 4.28. The summed E-state index contributed by atoms with van der Waals surface area (Å²) in [4.78, 5) is 0. The van der Waals surface area contributed by atoms with Crippen LogP contribution in [0, 0.1) is 5.82 Å². The van der Waals surface area contributed by atoms with E-state index < -0.39 is 5.82 Å². The van der Waals surface area contributed by atoms with Crippen LogP contribution < -0.4 is 5.73 Å². The first-order valence-electron chi connectivity index (χ1n) is 5.82. The maximum atomic E-state index is 13.3. The molecule has 2 N–H and O–H groups in total. The molecule has 1 unspecified atom stereocenters. The average molecular weight is 268 g/mol. The first-order chi connectivity index (χ1) is 8.61. The lowest BCUT2D eigenvalue weighted by atomic mass is 10.0. The van der Waals surface area contributed by atoms with Gasteiger partial charge in [0.2, 0.25) is 0 Å². The Balaban J connectivity index is 2.16. The van der Waals surface area contributed by atoms with Crippen molar-refractivity contribution in [3.05, 3.63) is 52.6 Å². The van der Waals surface area contributed by atoms with E-state index in [0.717, 1.165) is 12.1 Å². The molecular formula is C13H15ClFN3. The van der Waals surface area contributed by atoms with Gasteiger partial charge in [-0.3, -0.25) is 4.68 Å². The number of hydrogen-bond donors (Lipinski definition) is 1. The van der Waals surface area contributed by atoms with Crippen LogP contribution in [0.25, 0.3) is 0 Å². The van der Waals surface area contributed by atoms with Crippen molar-refractivity contribution < 1.29 is 4.39 Å². The van der Waals surface area contributed by atoms with Gasteiger partial charge >= 0.3 is 0 Å². The minimum atomic E-state index is -0.436. The van der Waals surface area contributed by atoms with Crippen LogP contribution in [0.4, 0.5) is 4.39 Å². The zero-order valence-corrected chi connectivity index (χ0v) is 10.9. The van der Waals surface area contributed by atoms with E-state index in [1.807, 2.05) is 17.8 Å². The molecule has 0 spiro atoms. The number of rotatable bonds is 4. The fourth-order valence-corrected chi connectivity index (χ4v) is 2.12. The molecule has 0 bridgehead atoms. The van der Waals surface area contributed by atoms with Gasteiger partial charge in [-0.2, -0.15) is 5.10 Å². The number of aromatic nitrogens is 2. The maximum absolute atomic E-state index is 13.3. The summed E-state index contributed by atoms with van der Waals surface area (Å²) in [6, 6.07) is 4.36. The molecular weight excluding hydrogens is 253 g/mol. The number of aryl methyl sites for hydroxylation is 1. The molecule has 2 aromatic rings. The van der Waals surface area contributed by atoms with Crippen molar-refractivity contribution >= 4 is 11.6 Å². The molecule has 1 aromatic carbocycles. The molecule has 5 heteroatoms. The largest absolute Gasteiger partial charge is 0.324 e. The van der Waals surface area contributed by atoms with Crippen molar-refractivity contribution in [3.8, 4) is 0 Å². The minimum Gasteiger partial charge on any atom is -0.324 e. The Morgan fingerprint density at radius 1 is 1.50 bits per heavy atom. The van der Waals surface area contributed by atoms with Gasteiger partial charge in [-0.1, -0.05) is 23.7 Å². The van der Waals surface area contributed by atoms with Crippen LogP contribution in [0.2, 0.25) is 5.02 Å². The zero-order chi connectivity index (χ0) is 13.1. The molecule has 3 nitrogen and oxygen atoms in total. The second kappa shape index (κ2) is 5.50. The fourth-order valence-electron chi connectivity index (χ4n) is 1.86. The van der Waals surface area contributed by atoms with Crippen LogP contribution in [0.15, 0.2) is 30.6 Å². The van der Waals surface area contributed by atoms with Crippen molar-refractivity contribution in [2.45, 2.75) is 25.9 Å². The standard InChI is InChI=1S/C13H15ClFN3/c1-2-18-8-9(7-17-18)6-12(16)10-4-3-5-11(15)13(10)14/h3-5,7-8,12H,2,6,16H2,1H3. The predicted molar refractivity (Wildman–Crippen MR) is 69.9 cm³/mol. The average Bonchev–Trinajstić information content (AvgIpc) is 2.80. The fraction of sp³-hybridized carbons (Fsp3) is 0.308. The third-order valence-corrected chi connectivity index (χ3v) is 3.25. The van der Waals surface area contributed by atoms with Crippen molar-refractivity contribution in [1.82, 2.24) is 9.78 Å². The van der Waals surface area contributed by atoms with Crippen LogP contribution in [-0.4, -0.2) is 9.78 Å². The van der Waals surface area contributed by atoms with Gasteiger partial charge in [0.05, 0.1) is 11.2 Å².